The molecule has 3 heteroatoms. The molecule has 0 spiro atoms. The molecule has 1 aromatic carbocycles. The summed E-state index contributed by atoms with van der Waals surface area (Å²) in [6.45, 7) is 5.26. The van der Waals surface area contributed by atoms with Crippen LogP contribution in [0.2, 0.25) is 0 Å². The van der Waals surface area contributed by atoms with Gasteiger partial charge in [-0.05, 0) is 38.1 Å². The van der Waals surface area contributed by atoms with E-state index in [4.69, 9.17) is 6.42 Å². The average molecular weight is 248 g/mol. The van der Waals surface area contributed by atoms with Crippen LogP contribution in [0.25, 0.3) is 0 Å². The first kappa shape index (κ1) is 14.5. The Balaban J connectivity index is 2.99. The lowest BCUT2D eigenvalue weighted by molar-refractivity contribution is 0.603. The molecule has 2 nitrogen and oxygen atoms in total. The molecule has 1 unspecified atom stereocenters. The Bertz CT molecular complexity index is 423. The van der Waals surface area contributed by atoms with Crippen molar-refractivity contribution in [3.63, 3.8) is 0 Å². The molecular formula is C15H21FN2. The zero-order valence-corrected chi connectivity index (χ0v) is 11.3. The Kier molecular flexibility index (Phi) is 5.67. The Morgan fingerprint density at radius 2 is 2.22 bits per heavy atom. The molecule has 0 radical (unpaired) electrons. The summed E-state index contributed by atoms with van der Waals surface area (Å²) in [5.41, 5.74) is 1.53. The number of benzene rings is 1. The van der Waals surface area contributed by atoms with Crippen LogP contribution in [0.15, 0.2) is 18.2 Å². The first-order chi connectivity index (χ1) is 8.63. The van der Waals surface area contributed by atoms with E-state index in [2.05, 4.69) is 18.2 Å². The maximum Gasteiger partial charge on any atom is 0.146 e. The molecule has 1 N–H and O–H groups in total. The number of nitrogens with one attached hydrogen (secondary N) is 1. The fraction of sp³-hybridized carbons (Fsp3) is 0.467. The van der Waals surface area contributed by atoms with Crippen molar-refractivity contribution >= 4 is 5.69 Å². The molecule has 0 saturated carbocycles. The molecule has 18 heavy (non-hydrogen) atoms. The summed E-state index contributed by atoms with van der Waals surface area (Å²) in [5.74, 6) is 2.36. The normalized spacial score (nSPS) is 11.9. The van der Waals surface area contributed by atoms with E-state index in [1.807, 2.05) is 31.0 Å². The SMILES string of the molecule is C#CCN(CCC)c1ccc(C(C)NC)cc1F. The lowest BCUT2D eigenvalue weighted by Crippen LogP contribution is -2.25. The van der Waals surface area contributed by atoms with Crippen molar-refractivity contribution in [2.45, 2.75) is 26.3 Å². The van der Waals surface area contributed by atoms with Crippen LogP contribution in [0.4, 0.5) is 10.1 Å². The van der Waals surface area contributed by atoms with Gasteiger partial charge in [-0.25, -0.2) is 4.39 Å². The standard InChI is InChI=1S/C15H21FN2/c1-5-9-18(10-6-2)15-8-7-13(11-14(15)16)12(3)17-4/h1,7-8,11-12,17H,6,9-10H2,2-4H3. The zero-order valence-electron chi connectivity index (χ0n) is 11.3. The Hall–Kier alpha value is -1.53. The molecule has 0 aliphatic heterocycles. The van der Waals surface area contributed by atoms with E-state index in [-0.39, 0.29) is 11.9 Å². The topological polar surface area (TPSA) is 15.3 Å². The van der Waals surface area contributed by atoms with Crippen LogP contribution in [0.1, 0.15) is 31.9 Å². The van der Waals surface area contributed by atoms with Gasteiger partial charge in [0.05, 0.1) is 12.2 Å². The van der Waals surface area contributed by atoms with Gasteiger partial charge in [0.25, 0.3) is 0 Å². The molecule has 0 saturated heterocycles. The minimum Gasteiger partial charge on any atom is -0.358 e. The number of hydrogen-bond acceptors (Lipinski definition) is 2. The Labute approximate surface area is 109 Å². The third kappa shape index (κ3) is 3.48. The highest BCUT2D eigenvalue weighted by Gasteiger charge is 2.12. The highest BCUT2D eigenvalue weighted by Crippen LogP contribution is 2.23. The summed E-state index contributed by atoms with van der Waals surface area (Å²) >= 11 is 0. The Morgan fingerprint density at radius 1 is 1.50 bits per heavy atom. The quantitative estimate of drug-likeness (QED) is 0.779. The number of rotatable bonds is 6. The molecule has 0 amide bonds. The van der Waals surface area contributed by atoms with Crippen molar-refractivity contribution in [2.24, 2.45) is 0 Å². The fourth-order valence-electron chi connectivity index (χ4n) is 1.88. The lowest BCUT2D eigenvalue weighted by Gasteiger charge is -2.23. The van der Waals surface area contributed by atoms with Gasteiger partial charge < -0.3 is 10.2 Å². The molecule has 0 aliphatic carbocycles. The summed E-state index contributed by atoms with van der Waals surface area (Å²) < 4.78 is 14.1. The third-order valence-corrected chi connectivity index (χ3v) is 3.02. The second-order valence-corrected chi connectivity index (χ2v) is 4.35. The largest absolute Gasteiger partial charge is 0.358 e. The van der Waals surface area contributed by atoms with Crippen LogP contribution in [-0.2, 0) is 0 Å². The molecule has 1 atom stereocenters. The maximum absolute atomic E-state index is 14.1. The van der Waals surface area contributed by atoms with Gasteiger partial charge in [0.1, 0.15) is 5.82 Å². The van der Waals surface area contributed by atoms with E-state index in [9.17, 15) is 4.39 Å². The highest BCUT2D eigenvalue weighted by molar-refractivity contribution is 5.50. The van der Waals surface area contributed by atoms with Crippen molar-refractivity contribution in [2.75, 3.05) is 25.0 Å². The number of terminal acetylenes is 1. The van der Waals surface area contributed by atoms with Crippen LogP contribution in [0.5, 0.6) is 0 Å². The molecule has 0 aromatic heterocycles. The van der Waals surface area contributed by atoms with E-state index >= 15 is 0 Å². The molecule has 1 rings (SSSR count). The molecule has 98 valence electrons. The number of halogens is 1. The van der Waals surface area contributed by atoms with Gasteiger partial charge in [-0.2, -0.15) is 0 Å². The summed E-state index contributed by atoms with van der Waals surface area (Å²) in [4.78, 5) is 1.89. The van der Waals surface area contributed by atoms with Gasteiger partial charge in [-0.3, -0.25) is 0 Å². The van der Waals surface area contributed by atoms with Crippen molar-refractivity contribution in [3.8, 4) is 12.3 Å². The first-order valence-corrected chi connectivity index (χ1v) is 6.29. The minimum absolute atomic E-state index is 0.140. The van der Waals surface area contributed by atoms with Crippen LogP contribution in [-0.4, -0.2) is 20.1 Å². The van der Waals surface area contributed by atoms with Crippen molar-refractivity contribution in [1.82, 2.24) is 5.32 Å². The van der Waals surface area contributed by atoms with E-state index < -0.39 is 0 Å². The number of hydrogen-bond donors (Lipinski definition) is 1. The predicted molar refractivity (Wildman–Crippen MR) is 75.2 cm³/mol. The van der Waals surface area contributed by atoms with Crippen LogP contribution >= 0.6 is 0 Å². The van der Waals surface area contributed by atoms with Crippen LogP contribution < -0.4 is 10.2 Å². The fourth-order valence-corrected chi connectivity index (χ4v) is 1.88. The third-order valence-electron chi connectivity index (χ3n) is 3.02. The second kappa shape index (κ2) is 7.03. The molecule has 0 bridgehead atoms. The van der Waals surface area contributed by atoms with Gasteiger partial charge in [-0.1, -0.05) is 18.9 Å². The van der Waals surface area contributed by atoms with Gasteiger partial charge in [-0.15, -0.1) is 6.42 Å². The smallest absolute Gasteiger partial charge is 0.146 e. The van der Waals surface area contributed by atoms with Gasteiger partial charge in [0.2, 0.25) is 0 Å². The first-order valence-electron chi connectivity index (χ1n) is 6.29. The molecule has 0 fully saturated rings. The van der Waals surface area contributed by atoms with E-state index in [1.54, 1.807) is 6.07 Å². The van der Waals surface area contributed by atoms with Crippen molar-refractivity contribution in [1.29, 1.82) is 0 Å². The van der Waals surface area contributed by atoms with Crippen LogP contribution in [0.3, 0.4) is 0 Å². The van der Waals surface area contributed by atoms with E-state index in [0.29, 0.717) is 12.2 Å². The second-order valence-electron chi connectivity index (χ2n) is 4.35. The summed E-state index contributed by atoms with van der Waals surface area (Å²) in [6, 6.07) is 5.47. The van der Waals surface area contributed by atoms with Crippen molar-refractivity contribution < 1.29 is 4.39 Å². The zero-order chi connectivity index (χ0) is 13.5. The molecule has 0 heterocycles. The molecular weight excluding hydrogens is 227 g/mol. The van der Waals surface area contributed by atoms with Gasteiger partial charge >= 0.3 is 0 Å². The summed E-state index contributed by atoms with van der Waals surface area (Å²) in [7, 11) is 1.86. The van der Waals surface area contributed by atoms with E-state index in [1.165, 1.54) is 0 Å². The monoisotopic (exact) mass is 248 g/mol. The van der Waals surface area contributed by atoms with Crippen LogP contribution in [0, 0.1) is 18.2 Å². The minimum atomic E-state index is -0.210. The van der Waals surface area contributed by atoms with Gasteiger partial charge in [0, 0.05) is 12.6 Å². The summed E-state index contributed by atoms with van der Waals surface area (Å²) in [6.07, 6.45) is 6.26. The average Bonchev–Trinajstić information content (AvgIpc) is 2.37. The number of nitrogens with zero attached hydrogens (tertiary/aromatic N) is 1. The Morgan fingerprint density at radius 3 is 2.72 bits per heavy atom. The maximum atomic E-state index is 14.1. The number of anilines is 1. The predicted octanol–water partition coefficient (Wildman–Crippen LogP) is 2.96. The van der Waals surface area contributed by atoms with Crippen molar-refractivity contribution in [3.05, 3.63) is 29.6 Å². The molecule has 0 aliphatic rings. The van der Waals surface area contributed by atoms with E-state index in [0.717, 1.165) is 18.5 Å². The summed E-state index contributed by atoms with van der Waals surface area (Å²) in [5, 5.41) is 3.09. The van der Waals surface area contributed by atoms with Gasteiger partial charge in [0.15, 0.2) is 0 Å². The lowest BCUT2D eigenvalue weighted by atomic mass is 10.1. The highest BCUT2D eigenvalue weighted by atomic mass is 19.1. The molecule has 1 aromatic rings.